The van der Waals surface area contributed by atoms with Crippen LogP contribution in [-0.4, -0.2) is 47.1 Å². The second-order valence-electron chi connectivity index (χ2n) is 3.40. The summed E-state index contributed by atoms with van der Waals surface area (Å²) < 4.78 is 0. The lowest BCUT2D eigenvalue weighted by molar-refractivity contribution is -0.127. The van der Waals surface area contributed by atoms with E-state index in [9.17, 15) is 9.90 Å². The maximum atomic E-state index is 11.2. The fourth-order valence-corrected chi connectivity index (χ4v) is 2.01. The first kappa shape index (κ1) is 10.9. The van der Waals surface area contributed by atoms with Gasteiger partial charge >= 0.3 is 0 Å². The number of amides is 1. The number of rotatable bonds is 5. The Morgan fingerprint density at radius 2 is 2.38 bits per heavy atom. The molecule has 1 amide bonds. The Morgan fingerprint density at radius 1 is 1.62 bits per heavy atom. The highest BCUT2D eigenvalue weighted by Gasteiger charge is 2.26. The lowest BCUT2D eigenvalue weighted by Crippen LogP contribution is -2.26. The van der Waals surface area contributed by atoms with Gasteiger partial charge in [-0.1, -0.05) is 0 Å². The molecule has 1 saturated heterocycles. The van der Waals surface area contributed by atoms with Crippen LogP contribution in [0.1, 0.15) is 19.3 Å². The molecule has 1 N–H and O–H groups in total. The number of aliphatic hydroxyl groups excluding tert-OH is 1. The molecule has 0 aromatic carbocycles. The first-order valence-electron chi connectivity index (χ1n) is 4.69. The minimum Gasteiger partial charge on any atom is -0.391 e. The Balaban J connectivity index is 2.11. The molecule has 1 unspecified atom stereocenters. The van der Waals surface area contributed by atoms with E-state index < -0.39 is 6.10 Å². The maximum absolute atomic E-state index is 11.2. The van der Waals surface area contributed by atoms with Crippen LogP contribution in [0.3, 0.4) is 0 Å². The van der Waals surface area contributed by atoms with Crippen LogP contribution in [0.2, 0.25) is 0 Å². The van der Waals surface area contributed by atoms with Crippen molar-refractivity contribution >= 4 is 17.7 Å². The number of aliphatic hydroxyl groups is 1. The molecule has 1 heterocycles. The maximum Gasteiger partial charge on any atom is 0.225 e. The van der Waals surface area contributed by atoms with Crippen molar-refractivity contribution in [3.8, 4) is 0 Å². The number of hydrogen-bond donors (Lipinski definition) is 1. The molecule has 4 heteroatoms. The topological polar surface area (TPSA) is 40.5 Å². The Labute approximate surface area is 83.5 Å². The molecule has 1 aliphatic rings. The summed E-state index contributed by atoms with van der Waals surface area (Å²) in [5.41, 5.74) is 0. The number of thioether (sulfide) groups is 1. The predicted molar refractivity (Wildman–Crippen MR) is 54.8 cm³/mol. The summed E-state index contributed by atoms with van der Waals surface area (Å²) in [6.07, 6.45) is 4.20. The van der Waals surface area contributed by atoms with Gasteiger partial charge in [-0.15, -0.1) is 0 Å². The molecule has 0 radical (unpaired) electrons. The molecule has 1 atom stereocenters. The summed E-state index contributed by atoms with van der Waals surface area (Å²) in [4.78, 5) is 13.0. The van der Waals surface area contributed by atoms with Gasteiger partial charge in [-0.25, -0.2) is 0 Å². The van der Waals surface area contributed by atoms with E-state index in [1.54, 1.807) is 4.90 Å². The average molecular weight is 203 g/mol. The minimum absolute atomic E-state index is 0.108. The van der Waals surface area contributed by atoms with Crippen molar-refractivity contribution in [2.75, 3.05) is 25.1 Å². The van der Waals surface area contributed by atoms with Crippen LogP contribution in [0.4, 0.5) is 0 Å². The van der Waals surface area contributed by atoms with E-state index in [0.29, 0.717) is 13.0 Å². The smallest absolute Gasteiger partial charge is 0.225 e. The first-order valence-corrected chi connectivity index (χ1v) is 6.08. The number of carbonyl (C=O) groups excluding carboxylic acids is 1. The number of hydrogen-bond acceptors (Lipinski definition) is 3. The van der Waals surface area contributed by atoms with Crippen LogP contribution in [0.15, 0.2) is 0 Å². The zero-order chi connectivity index (χ0) is 9.68. The number of β-amino-alcohol motifs (C(OH)–C–C–N with tert-alkyl or cyclic N) is 1. The van der Waals surface area contributed by atoms with Gasteiger partial charge in [-0.05, 0) is 24.9 Å². The molecule has 0 aromatic heterocycles. The normalized spacial score (nSPS) is 22.8. The number of likely N-dealkylation sites (tertiary alicyclic amines) is 1. The van der Waals surface area contributed by atoms with Gasteiger partial charge in [0.05, 0.1) is 12.5 Å². The third-order valence-electron chi connectivity index (χ3n) is 2.22. The summed E-state index contributed by atoms with van der Waals surface area (Å²) in [6, 6.07) is 0. The Morgan fingerprint density at radius 3 is 2.92 bits per heavy atom. The van der Waals surface area contributed by atoms with Crippen LogP contribution in [0.5, 0.6) is 0 Å². The molecule has 0 bridgehead atoms. The minimum atomic E-state index is -0.423. The van der Waals surface area contributed by atoms with Crippen LogP contribution in [-0.2, 0) is 4.79 Å². The van der Waals surface area contributed by atoms with Crippen molar-refractivity contribution in [2.45, 2.75) is 25.4 Å². The van der Waals surface area contributed by atoms with E-state index in [0.717, 1.165) is 25.1 Å². The molecule has 1 aliphatic heterocycles. The van der Waals surface area contributed by atoms with E-state index in [-0.39, 0.29) is 5.91 Å². The predicted octanol–water partition coefficient (Wildman–Crippen LogP) is 0.723. The van der Waals surface area contributed by atoms with Gasteiger partial charge in [0.25, 0.3) is 0 Å². The molecule has 0 aromatic rings. The Hall–Kier alpha value is -0.220. The quantitative estimate of drug-likeness (QED) is 0.669. The highest BCUT2D eigenvalue weighted by Crippen LogP contribution is 2.11. The van der Waals surface area contributed by atoms with E-state index >= 15 is 0 Å². The van der Waals surface area contributed by atoms with E-state index in [1.165, 1.54) is 0 Å². The van der Waals surface area contributed by atoms with Gasteiger partial charge in [-0.2, -0.15) is 11.8 Å². The highest BCUT2D eigenvalue weighted by molar-refractivity contribution is 7.98. The van der Waals surface area contributed by atoms with Crippen molar-refractivity contribution < 1.29 is 9.90 Å². The molecule has 3 nitrogen and oxygen atoms in total. The zero-order valence-electron chi connectivity index (χ0n) is 8.03. The van der Waals surface area contributed by atoms with Crippen LogP contribution < -0.4 is 0 Å². The largest absolute Gasteiger partial charge is 0.391 e. The van der Waals surface area contributed by atoms with Gasteiger partial charge < -0.3 is 10.0 Å². The molecule has 1 fully saturated rings. The summed E-state index contributed by atoms with van der Waals surface area (Å²) in [5, 5.41) is 9.21. The summed E-state index contributed by atoms with van der Waals surface area (Å²) >= 11 is 1.83. The molecular weight excluding hydrogens is 186 g/mol. The molecule has 0 saturated carbocycles. The molecule has 1 rings (SSSR count). The Kier molecular flexibility index (Phi) is 4.59. The average Bonchev–Trinajstić information content (AvgIpc) is 2.39. The third-order valence-corrected chi connectivity index (χ3v) is 2.92. The van der Waals surface area contributed by atoms with Crippen LogP contribution in [0, 0.1) is 0 Å². The lowest BCUT2D eigenvalue weighted by atomic mass is 10.3. The SMILES string of the molecule is CSCCCCN1CC(O)CC1=O. The summed E-state index contributed by atoms with van der Waals surface area (Å²) in [6.45, 7) is 1.36. The molecule has 13 heavy (non-hydrogen) atoms. The van der Waals surface area contributed by atoms with E-state index in [4.69, 9.17) is 0 Å². The molecule has 76 valence electrons. The van der Waals surface area contributed by atoms with Crippen molar-refractivity contribution in [3.05, 3.63) is 0 Å². The second-order valence-corrected chi connectivity index (χ2v) is 4.38. The van der Waals surface area contributed by atoms with E-state index in [1.807, 2.05) is 11.8 Å². The first-order chi connectivity index (χ1) is 6.24. The van der Waals surface area contributed by atoms with Crippen molar-refractivity contribution in [2.24, 2.45) is 0 Å². The second kappa shape index (κ2) is 5.50. The van der Waals surface area contributed by atoms with Gasteiger partial charge in [0.1, 0.15) is 0 Å². The van der Waals surface area contributed by atoms with Gasteiger partial charge in [-0.3, -0.25) is 4.79 Å². The summed E-state index contributed by atoms with van der Waals surface area (Å²) in [5.74, 6) is 1.27. The van der Waals surface area contributed by atoms with Crippen LogP contribution in [0.25, 0.3) is 0 Å². The van der Waals surface area contributed by atoms with Crippen LogP contribution >= 0.6 is 11.8 Å². The molecule has 0 aliphatic carbocycles. The number of unbranched alkanes of at least 4 members (excludes halogenated alkanes) is 1. The molecular formula is C9H17NO2S. The highest BCUT2D eigenvalue weighted by atomic mass is 32.2. The van der Waals surface area contributed by atoms with Crippen molar-refractivity contribution in [1.82, 2.24) is 4.90 Å². The lowest BCUT2D eigenvalue weighted by Gasteiger charge is -2.14. The van der Waals surface area contributed by atoms with Gasteiger partial charge in [0.2, 0.25) is 5.91 Å². The number of nitrogens with zero attached hydrogens (tertiary/aromatic N) is 1. The Bertz CT molecular complexity index is 175. The van der Waals surface area contributed by atoms with Gasteiger partial charge in [0, 0.05) is 13.1 Å². The summed E-state index contributed by atoms with van der Waals surface area (Å²) in [7, 11) is 0. The zero-order valence-corrected chi connectivity index (χ0v) is 8.85. The van der Waals surface area contributed by atoms with Crippen molar-refractivity contribution in [1.29, 1.82) is 0 Å². The number of carbonyl (C=O) groups is 1. The fraction of sp³-hybridized carbons (Fsp3) is 0.889. The third kappa shape index (κ3) is 3.56. The van der Waals surface area contributed by atoms with Gasteiger partial charge in [0.15, 0.2) is 0 Å². The monoisotopic (exact) mass is 203 g/mol. The van der Waals surface area contributed by atoms with Crippen molar-refractivity contribution in [3.63, 3.8) is 0 Å². The van der Waals surface area contributed by atoms with E-state index in [2.05, 4.69) is 6.26 Å². The fourth-order valence-electron chi connectivity index (χ4n) is 1.52. The molecule has 0 spiro atoms. The standard InChI is InChI=1S/C9H17NO2S/c1-13-5-3-2-4-10-7-8(11)6-9(10)12/h8,11H,2-7H2,1H3.